The molecule has 2 aromatic heterocycles. The normalized spacial score (nSPS) is 14.3. The van der Waals surface area contributed by atoms with Crippen molar-refractivity contribution in [2.75, 3.05) is 5.32 Å². The van der Waals surface area contributed by atoms with Crippen LogP contribution in [0.5, 0.6) is 0 Å². The summed E-state index contributed by atoms with van der Waals surface area (Å²) in [6, 6.07) is 12.5. The molecule has 2 aromatic carbocycles. The molecular formula is C20H15F3N6. The third-order valence-electron chi connectivity index (χ3n) is 4.77. The molecule has 1 aliphatic rings. The van der Waals surface area contributed by atoms with Gasteiger partial charge in [-0.1, -0.05) is 12.1 Å². The molecule has 0 unspecified atom stereocenters. The average molecular weight is 396 g/mol. The molecule has 0 radical (unpaired) electrons. The van der Waals surface area contributed by atoms with Gasteiger partial charge in [0.25, 0.3) is 0 Å². The van der Waals surface area contributed by atoms with Gasteiger partial charge in [-0.25, -0.2) is 4.98 Å². The number of nitrogens with zero attached hydrogens (tertiary/aromatic N) is 5. The monoisotopic (exact) mass is 396 g/mol. The Balaban J connectivity index is 1.50. The number of anilines is 2. The molecule has 0 bridgehead atoms. The van der Waals surface area contributed by atoms with E-state index in [9.17, 15) is 13.2 Å². The third-order valence-corrected chi connectivity index (χ3v) is 4.77. The van der Waals surface area contributed by atoms with Gasteiger partial charge < -0.3 is 5.32 Å². The van der Waals surface area contributed by atoms with Crippen LogP contribution in [0.25, 0.3) is 16.9 Å². The lowest BCUT2D eigenvalue weighted by Crippen LogP contribution is -2.07. The summed E-state index contributed by atoms with van der Waals surface area (Å²) in [5.41, 5.74) is 1.53. The van der Waals surface area contributed by atoms with Gasteiger partial charge in [0.2, 0.25) is 5.95 Å². The number of alkyl halides is 3. The van der Waals surface area contributed by atoms with Crippen molar-refractivity contribution in [1.29, 1.82) is 0 Å². The van der Waals surface area contributed by atoms with Crippen LogP contribution in [0.2, 0.25) is 0 Å². The number of para-hydroxylation sites is 2. The predicted octanol–water partition coefficient (Wildman–Crippen LogP) is 4.85. The van der Waals surface area contributed by atoms with E-state index in [0.717, 1.165) is 41.8 Å². The Labute approximate surface area is 163 Å². The Hall–Kier alpha value is -3.49. The summed E-state index contributed by atoms with van der Waals surface area (Å²) in [6.07, 6.45) is -0.660. The van der Waals surface area contributed by atoms with Gasteiger partial charge in [0.1, 0.15) is 5.82 Å². The number of benzene rings is 2. The van der Waals surface area contributed by atoms with Crippen LogP contribution >= 0.6 is 0 Å². The van der Waals surface area contributed by atoms with Crippen molar-refractivity contribution in [2.24, 2.45) is 0 Å². The molecule has 146 valence electrons. The third kappa shape index (κ3) is 3.39. The highest BCUT2D eigenvalue weighted by atomic mass is 19.4. The highest BCUT2D eigenvalue weighted by Gasteiger charge is 2.31. The van der Waals surface area contributed by atoms with Crippen LogP contribution in [0, 0.1) is 0 Å². The Bertz CT molecular complexity index is 1180. The fourth-order valence-corrected chi connectivity index (χ4v) is 3.23. The van der Waals surface area contributed by atoms with Gasteiger partial charge in [0, 0.05) is 11.6 Å². The Morgan fingerprint density at radius 3 is 2.45 bits per heavy atom. The van der Waals surface area contributed by atoms with Crippen molar-refractivity contribution in [2.45, 2.75) is 24.9 Å². The zero-order valence-electron chi connectivity index (χ0n) is 15.1. The first-order valence-corrected chi connectivity index (χ1v) is 9.11. The van der Waals surface area contributed by atoms with E-state index in [-0.39, 0.29) is 5.95 Å². The van der Waals surface area contributed by atoms with E-state index in [1.165, 1.54) is 12.1 Å². The molecule has 1 aliphatic carbocycles. The van der Waals surface area contributed by atoms with Crippen molar-refractivity contribution in [3.63, 3.8) is 0 Å². The maximum atomic E-state index is 12.7. The second-order valence-corrected chi connectivity index (χ2v) is 6.91. The van der Waals surface area contributed by atoms with E-state index < -0.39 is 11.7 Å². The van der Waals surface area contributed by atoms with Crippen LogP contribution in [-0.4, -0.2) is 24.7 Å². The first-order chi connectivity index (χ1) is 14.0. The number of hydrogen-bond donors (Lipinski definition) is 1. The van der Waals surface area contributed by atoms with Gasteiger partial charge in [-0.05, 0) is 49.2 Å². The minimum atomic E-state index is -4.38. The van der Waals surface area contributed by atoms with Crippen LogP contribution in [0.4, 0.5) is 24.8 Å². The van der Waals surface area contributed by atoms with Crippen LogP contribution in [0.1, 0.15) is 30.1 Å². The molecule has 1 fully saturated rings. The maximum Gasteiger partial charge on any atom is 0.416 e. The summed E-state index contributed by atoms with van der Waals surface area (Å²) in [6.45, 7) is 0. The fraction of sp³-hybridized carbons (Fsp3) is 0.200. The van der Waals surface area contributed by atoms with Crippen LogP contribution in [0.15, 0.2) is 54.7 Å². The van der Waals surface area contributed by atoms with Gasteiger partial charge in [0.15, 0.2) is 5.82 Å². The van der Waals surface area contributed by atoms with Gasteiger partial charge >= 0.3 is 6.18 Å². The summed E-state index contributed by atoms with van der Waals surface area (Å²) in [7, 11) is 0. The highest BCUT2D eigenvalue weighted by molar-refractivity contribution is 5.78. The van der Waals surface area contributed by atoms with Crippen molar-refractivity contribution in [3.05, 3.63) is 66.1 Å². The molecule has 1 saturated carbocycles. The Kier molecular flexibility index (Phi) is 3.97. The molecule has 0 aliphatic heterocycles. The number of rotatable bonds is 4. The van der Waals surface area contributed by atoms with E-state index in [1.807, 2.05) is 28.8 Å². The van der Waals surface area contributed by atoms with Crippen LogP contribution < -0.4 is 5.32 Å². The van der Waals surface area contributed by atoms with Gasteiger partial charge in [-0.2, -0.15) is 23.3 Å². The SMILES string of the molecule is FC(F)(F)c1ccc(Nc2nncc(-n3c(C4CC4)nc4ccccc43)n2)cc1. The second kappa shape index (κ2) is 6.54. The molecule has 0 saturated heterocycles. The van der Waals surface area contributed by atoms with E-state index in [4.69, 9.17) is 4.98 Å². The number of halogens is 3. The lowest BCUT2D eigenvalue weighted by atomic mass is 10.2. The molecule has 5 rings (SSSR count). The van der Waals surface area contributed by atoms with Crippen molar-refractivity contribution in [1.82, 2.24) is 24.7 Å². The zero-order chi connectivity index (χ0) is 20.0. The quantitative estimate of drug-likeness (QED) is 0.534. The lowest BCUT2D eigenvalue weighted by molar-refractivity contribution is -0.137. The van der Waals surface area contributed by atoms with Gasteiger partial charge in [0.05, 0.1) is 22.8 Å². The molecule has 6 nitrogen and oxygen atoms in total. The largest absolute Gasteiger partial charge is 0.416 e. The van der Waals surface area contributed by atoms with Crippen molar-refractivity contribution in [3.8, 4) is 5.82 Å². The Morgan fingerprint density at radius 2 is 1.72 bits per heavy atom. The Morgan fingerprint density at radius 1 is 0.966 bits per heavy atom. The van der Waals surface area contributed by atoms with Gasteiger partial charge in [-0.3, -0.25) is 4.57 Å². The average Bonchev–Trinajstić information content (AvgIpc) is 3.48. The minimum Gasteiger partial charge on any atom is -0.323 e. The highest BCUT2D eigenvalue weighted by Crippen LogP contribution is 2.41. The number of nitrogens with one attached hydrogen (secondary N) is 1. The summed E-state index contributed by atoms with van der Waals surface area (Å²) >= 11 is 0. The lowest BCUT2D eigenvalue weighted by Gasteiger charge is -2.10. The minimum absolute atomic E-state index is 0.196. The first kappa shape index (κ1) is 17.6. The molecular weight excluding hydrogens is 381 g/mol. The van der Waals surface area contributed by atoms with Crippen LogP contribution in [-0.2, 0) is 6.18 Å². The van der Waals surface area contributed by atoms with Crippen LogP contribution in [0.3, 0.4) is 0 Å². The standard InChI is InChI=1S/C20H15F3N6/c21-20(22,23)13-7-9-14(10-8-13)25-19-27-17(11-24-28-19)29-16-4-2-1-3-15(16)26-18(29)12-5-6-12/h1-4,7-12H,5-6H2,(H,25,27,28). The fourth-order valence-electron chi connectivity index (χ4n) is 3.23. The topological polar surface area (TPSA) is 68.5 Å². The summed E-state index contributed by atoms with van der Waals surface area (Å²) in [5.74, 6) is 2.09. The van der Waals surface area contributed by atoms with E-state index >= 15 is 0 Å². The molecule has 0 spiro atoms. The maximum absolute atomic E-state index is 12.7. The van der Waals surface area contributed by atoms with E-state index in [0.29, 0.717) is 17.4 Å². The van der Waals surface area contributed by atoms with Gasteiger partial charge in [-0.15, -0.1) is 5.10 Å². The van der Waals surface area contributed by atoms with E-state index in [2.05, 4.69) is 20.5 Å². The van der Waals surface area contributed by atoms with Crippen molar-refractivity contribution >= 4 is 22.7 Å². The molecule has 29 heavy (non-hydrogen) atoms. The summed E-state index contributed by atoms with van der Waals surface area (Å²) in [4.78, 5) is 9.26. The number of aromatic nitrogens is 5. The number of hydrogen-bond acceptors (Lipinski definition) is 5. The second-order valence-electron chi connectivity index (χ2n) is 6.91. The molecule has 0 amide bonds. The molecule has 2 heterocycles. The summed E-state index contributed by atoms with van der Waals surface area (Å²) < 4.78 is 40.2. The summed E-state index contributed by atoms with van der Waals surface area (Å²) in [5, 5.41) is 10.9. The molecule has 4 aromatic rings. The van der Waals surface area contributed by atoms with E-state index in [1.54, 1.807) is 6.20 Å². The zero-order valence-corrected chi connectivity index (χ0v) is 15.1. The molecule has 9 heteroatoms. The molecule has 1 N–H and O–H groups in total. The molecule has 0 atom stereocenters. The smallest absolute Gasteiger partial charge is 0.323 e. The number of fused-ring (bicyclic) bond motifs is 1. The number of imidazole rings is 1. The predicted molar refractivity (Wildman–Crippen MR) is 101 cm³/mol. The van der Waals surface area contributed by atoms with Crippen molar-refractivity contribution < 1.29 is 13.2 Å². The first-order valence-electron chi connectivity index (χ1n) is 9.11.